The number of nitrogens with one attached hydrogen (secondary N) is 1. The molecule has 2 aliphatic rings. The molecule has 2 N–H and O–H groups in total. The number of likely N-dealkylation sites (tertiary alicyclic amines) is 1. The summed E-state index contributed by atoms with van der Waals surface area (Å²) >= 11 is 0. The Kier molecular flexibility index (Phi) is 7.00. The first-order chi connectivity index (χ1) is 15.8. The molecular formula is C26H32F2N2O3. The lowest BCUT2D eigenvalue weighted by atomic mass is 9.79. The number of halogens is 2. The minimum atomic E-state index is -2.85. The molecule has 0 aromatic heterocycles. The van der Waals surface area contributed by atoms with Crippen LogP contribution in [0.1, 0.15) is 43.2 Å². The van der Waals surface area contributed by atoms with Crippen molar-refractivity contribution in [2.75, 3.05) is 20.2 Å². The summed E-state index contributed by atoms with van der Waals surface area (Å²) in [5.74, 6) is -3.40. The predicted molar refractivity (Wildman–Crippen MR) is 122 cm³/mol. The van der Waals surface area contributed by atoms with E-state index in [1.807, 2.05) is 24.3 Å². The minimum absolute atomic E-state index is 0.0956. The van der Waals surface area contributed by atoms with Crippen molar-refractivity contribution in [2.24, 2.45) is 5.92 Å². The minimum Gasteiger partial charge on any atom is -0.497 e. The van der Waals surface area contributed by atoms with E-state index in [0.717, 1.165) is 38.2 Å². The van der Waals surface area contributed by atoms with Crippen molar-refractivity contribution >= 4 is 5.91 Å². The van der Waals surface area contributed by atoms with Crippen molar-refractivity contribution in [1.29, 1.82) is 0 Å². The van der Waals surface area contributed by atoms with Gasteiger partial charge in [0.05, 0.1) is 7.11 Å². The molecule has 0 bridgehead atoms. The smallest absolute Gasteiger partial charge is 0.257 e. The fraction of sp³-hybridized carbons (Fsp3) is 0.500. The average Bonchev–Trinajstić information content (AvgIpc) is 3.21. The molecule has 4 rings (SSSR count). The molecule has 2 aromatic carbocycles. The molecule has 2 fully saturated rings. The number of ether oxygens (including phenoxy) is 1. The first kappa shape index (κ1) is 23.6. The van der Waals surface area contributed by atoms with Gasteiger partial charge in [-0.15, -0.1) is 0 Å². The molecule has 1 heterocycles. The van der Waals surface area contributed by atoms with Crippen LogP contribution >= 0.6 is 0 Å². The van der Waals surface area contributed by atoms with Gasteiger partial charge in [0.1, 0.15) is 5.75 Å². The second kappa shape index (κ2) is 9.77. The standard InChI is InChI=1S/C26H32F2N2O3/c1-33-23-9-7-19(8-10-23)18-30-15-12-22(13-16-30)29-24(31)26(32,20-5-3-2-4-6-20)21-11-14-25(27,28)17-21/h2-10,21-22,32H,11-18H2,1H3,(H,29,31)/t21?,26-/m0/s1. The number of benzene rings is 2. The van der Waals surface area contributed by atoms with Crippen LogP contribution in [0, 0.1) is 5.92 Å². The lowest BCUT2D eigenvalue weighted by molar-refractivity contribution is -0.149. The van der Waals surface area contributed by atoms with Gasteiger partial charge in [0.2, 0.25) is 5.92 Å². The highest BCUT2D eigenvalue weighted by atomic mass is 19.3. The lowest BCUT2D eigenvalue weighted by Crippen LogP contribution is -2.54. The summed E-state index contributed by atoms with van der Waals surface area (Å²) in [5.41, 5.74) is -0.387. The average molecular weight is 459 g/mol. The largest absolute Gasteiger partial charge is 0.497 e. The first-order valence-electron chi connectivity index (χ1n) is 11.6. The van der Waals surface area contributed by atoms with Crippen molar-refractivity contribution in [3.8, 4) is 5.75 Å². The van der Waals surface area contributed by atoms with Gasteiger partial charge in [-0.2, -0.15) is 0 Å². The molecule has 1 amide bonds. The molecule has 2 atom stereocenters. The summed E-state index contributed by atoms with van der Waals surface area (Å²) in [6.07, 6.45) is 0.823. The monoisotopic (exact) mass is 458 g/mol. The highest BCUT2D eigenvalue weighted by molar-refractivity contribution is 5.87. The van der Waals surface area contributed by atoms with Crippen LogP contribution in [0.2, 0.25) is 0 Å². The van der Waals surface area contributed by atoms with Crippen LogP contribution < -0.4 is 10.1 Å². The molecule has 5 nitrogen and oxygen atoms in total. The quantitative estimate of drug-likeness (QED) is 0.656. The Morgan fingerprint density at radius 2 is 1.79 bits per heavy atom. The molecule has 1 saturated heterocycles. The number of piperidine rings is 1. The second-order valence-corrected chi connectivity index (χ2v) is 9.30. The maximum Gasteiger partial charge on any atom is 0.257 e. The van der Waals surface area contributed by atoms with E-state index < -0.39 is 29.8 Å². The molecule has 1 unspecified atom stereocenters. The van der Waals surface area contributed by atoms with Crippen molar-refractivity contribution in [2.45, 2.75) is 56.2 Å². The molecule has 33 heavy (non-hydrogen) atoms. The fourth-order valence-electron chi connectivity index (χ4n) is 5.07. The van der Waals surface area contributed by atoms with Crippen LogP contribution in [0.5, 0.6) is 5.75 Å². The number of amides is 1. The summed E-state index contributed by atoms with van der Waals surface area (Å²) in [6.45, 7) is 2.43. The van der Waals surface area contributed by atoms with Crippen molar-refractivity contribution in [3.05, 3.63) is 65.7 Å². The topological polar surface area (TPSA) is 61.8 Å². The van der Waals surface area contributed by atoms with Gasteiger partial charge in [-0.3, -0.25) is 9.69 Å². The number of nitrogens with zero attached hydrogens (tertiary/aromatic N) is 1. The van der Waals surface area contributed by atoms with E-state index in [4.69, 9.17) is 4.74 Å². The van der Waals surface area contributed by atoms with E-state index in [9.17, 15) is 18.7 Å². The number of aliphatic hydroxyl groups is 1. The molecule has 1 aliphatic carbocycles. The highest BCUT2D eigenvalue weighted by Crippen LogP contribution is 2.47. The summed E-state index contributed by atoms with van der Waals surface area (Å²) in [6, 6.07) is 16.4. The highest BCUT2D eigenvalue weighted by Gasteiger charge is 2.53. The van der Waals surface area contributed by atoms with Crippen LogP contribution in [-0.2, 0) is 16.9 Å². The zero-order valence-electron chi connectivity index (χ0n) is 19.0. The third kappa shape index (κ3) is 5.36. The molecular weight excluding hydrogens is 426 g/mol. The maximum absolute atomic E-state index is 14.0. The Balaban J connectivity index is 1.38. The summed E-state index contributed by atoms with van der Waals surface area (Å²) in [5, 5.41) is 14.5. The lowest BCUT2D eigenvalue weighted by Gasteiger charge is -2.37. The Morgan fingerprint density at radius 1 is 1.12 bits per heavy atom. The summed E-state index contributed by atoms with van der Waals surface area (Å²) in [7, 11) is 1.64. The number of rotatable bonds is 7. The Morgan fingerprint density at radius 3 is 2.36 bits per heavy atom. The number of hydrogen-bond acceptors (Lipinski definition) is 4. The molecule has 7 heteroatoms. The zero-order valence-corrected chi connectivity index (χ0v) is 19.0. The van der Waals surface area contributed by atoms with Crippen molar-refractivity contribution < 1.29 is 23.4 Å². The van der Waals surface area contributed by atoms with Crippen LogP contribution in [0.15, 0.2) is 54.6 Å². The van der Waals surface area contributed by atoms with E-state index in [1.54, 1.807) is 37.4 Å². The number of carbonyl (C=O) groups is 1. The van der Waals surface area contributed by atoms with Crippen LogP contribution in [0.25, 0.3) is 0 Å². The predicted octanol–water partition coefficient (Wildman–Crippen LogP) is 4.10. The van der Waals surface area contributed by atoms with Gasteiger partial charge in [0, 0.05) is 44.4 Å². The first-order valence-corrected chi connectivity index (χ1v) is 11.6. The second-order valence-electron chi connectivity index (χ2n) is 9.30. The normalized spacial score (nSPS) is 23.1. The van der Waals surface area contributed by atoms with Gasteiger partial charge in [-0.1, -0.05) is 42.5 Å². The van der Waals surface area contributed by atoms with Gasteiger partial charge in [0.25, 0.3) is 5.91 Å². The number of alkyl halides is 2. The Hall–Kier alpha value is -2.51. The van der Waals surface area contributed by atoms with E-state index in [0.29, 0.717) is 5.56 Å². The molecule has 178 valence electrons. The van der Waals surface area contributed by atoms with E-state index in [-0.39, 0.29) is 18.9 Å². The number of carbonyl (C=O) groups excluding carboxylic acids is 1. The molecule has 2 aromatic rings. The molecule has 0 spiro atoms. The van der Waals surface area contributed by atoms with Crippen molar-refractivity contribution in [3.63, 3.8) is 0 Å². The maximum atomic E-state index is 14.0. The fourth-order valence-corrected chi connectivity index (χ4v) is 5.07. The van der Waals surface area contributed by atoms with Gasteiger partial charge in [-0.05, 0) is 42.5 Å². The van der Waals surface area contributed by atoms with Gasteiger partial charge < -0.3 is 15.2 Å². The zero-order chi connectivity index (χ0) is 23.5. The van der Waals surface area contributed by atoms with Crippen LogP contribution in [0.3, 0.4) is 0 Å². The van der Waals surface area contributed by atoms with E-state index in [2.05, 4.69) is 10.2 Å². The van der Waals surface area contributed by atoms with Gasteiger partial charge in [-0.25, -0.2) is 8.78 Å². The van der Waals surface area contributed by atoms with Crippen LogP contribution in [0.4, 0.5) is 8.78 Å². The summed E-state index contributed by atoms with van der Waals surface area (Å²) < 4.78 is 33.1. The molecule has 1 aliphatic heterocycles. The number of methoxy groups -OCH3 is 1. The van der Waals surface area contributed by atoms with E-state index in [1.165, 1.54) is 5.56 Å². The third-order valence-corrected chi connectivity index (χ3v) is 7.04. The van der Waals surface area contributed by atoms with Gasteiger partial charge in [0.15, 0.2) is 5.60 Å². The van der Waals surface area contributed by atoms with Gasteiger partial charge >= 0.3 is 0 Å². The third-order valence-electron chi connectivity index (χ3n) is 7.04. The Bertz CT molecular complexity index is 930. The summed E-state index contributed by atoms with van der Waals surface area (Å²) in [4.78, 5) is 15.7. The number of hydrogen-bond donors (Lipinski definition) is 2. The van der Waals surface area contributed by atoms with Crippen molar-refractivity contribution in [1.82, 2.24) is 10.2 Å². The van der Waals surface area contributed by atoms with E-state index >= 15 is 0 Å². The molecule has 0 radical (unpaired) electrons. The Labute approximate surface area is 193 Å². The van der Waals surface area contributed by atoms with Crippen LogP contribution in [-0.4, -0.2) is 48.1 Å². The molecule has 1 saturated carbocycles. The SMILES string of the molecule is COc1ccc(CN2CCC(NC(=O)[C@](O)(c3ccccc3)C3CCC(F)(F)C3)CC2)cc1.